The summed E-state index contributed by atoms with van der Waals surface area (Å²) in [4.78, 5) is 33.3. The van der Waals surface area contributed by atoms with E-state index in [1.54, 1.807) is 24.3 Å². The molecule has 2 atom stereocenters. The molecule has 1 rings (SSSR count). The topological polar surface area (TPSA) is 69.7 Å². The van der Waals surface area contributed by atoms with Gasteiger partial charge in [-0.2, -0.15) is 0 Å². The van der Waals surface area contributed by atoms with Crippen molar-refractivity contribution >= 4 is 18.2 Å². The van der Waals surface area contributed by atoms with Gasteiger partial charge in [-0.15, -0.1) is 6.58 Å². The van der Waals surface area contributed by atoms with Crippen LogP contribution in [0.1, 0.15) is 28.8 Å². The van der Waals surface area contributed by atoms with E-state index in [1.807, 2.05) is 0 Å². The molecule has 0 heterocycles. The van der Waals surface area contributed by atoms with Crippen LogP contribution in [0.15, 0.2) is 36.9 Å². The van der Waals surface area contributed by atoms with Gasteiger partial charge in [0.25, 0.3) is 0 Å². The third kappa shape index (κ3) is 3.78. The fourth-order valence-electron chi connectivity index (χ4n) is 1.80. The van der Waals surface area contributed by atoms with E-state index in [1.165, 1.54) is 20.1 Å². The maximum absolute atomic E-state index is 11.3. The largest absolute Gasteiger partial charge is 0.465 e. The van der Waals surface area contributed by atoms with E-state index in [4.69, 9.17) is 4.74 Å². The standard InChI is InChI=1S/C15H16O5/c1-4-13(14(9-16)20-10(2)17)11-5-7-12(8-6-11)15(18)19-3/h4-9,13-14H,1H2,2-3H3/t13-,14+/m1/s1. The lowest BCUT2D eigenvalue weighted by molar-refractivity contribution is -0.150. The molecule has 0 amide bonds. The second kappa shape index (κ2) is 7.23. The van der Waals surface area contributed by atoms with Crippen LogP contribution in [0, 0.1) is 0 Å². The maximum atomic E-state index is 11.3. The zero-order chi connectivity index (χ0) is 15.1. The Morgan fingerprint density at radius 2 is 1.85 bits per heavy atom. The number of methoxy groups -OCH3 is 1. The van der Waals surface area contributed by atoms with Crippen molar-refractivity contribution in [3.8, 4) is 0 Å². The fourth-order valence-corrected chi connectivity index (χ4v) is 1.80. The van der Waals surface area contributed by atoms with Gasteiger partial charge in [-0.05, 0) is 17.7 Å². The molecule has 0 fully saturated rings. The van der Waals surface area contributed by atoms with Crippen LogP contribution in [0.25, 0.3) is 0 Å². The summed E-state index contributed by atoms with van der Waals surface area (Å²) in [6.45, 7) is 4.88. The summed E-state index contributed by atoms with van der Waals surface area (Å²) >= 11 is 0. The van der Waals surface area contributed by atoms with E-state index in [2.05, 4.69) is 11.3 Å². The highest BCUT2D eigenvalue weighted by molar-refractivity contribution is 5.89. The van der Waals surface area contributed by atoms with E-state index < -0.39 is 24.0 Å². The number of carbonyl (C=O) groups is 3. The SMILES string of the molecule is C=C[C@H](c1ccc(C(=O)OC)cc1)[C@H](C=O)OC(C)=O. The minimum absolute atomic E-state index is 0.397. The van der Waals surface area contributed by atoms with Crippen molar-refractivity contribution in [2.45, 2.75) is 18.9 Å². The van der Waals surface area contributed by atoms with Crippen molar-refractivity contribution < 1.29 is 23.9 Å². The van der Waals surface area contributed by atoms with Crippen molar-refractivity contribution in [1.82, 2.24) is 0 Å². The van der Waals surface area contributed by atoms with Crippen LogP contribution >= 0.6 is 0 Å². The summed E-state index contributed by atoms with van der Waals surface area (Å²) in [5.41, 5.74) is 1.11. The Hall–Kier alpha value is -2.43. The number of aldehydes is 1. The summed E-state index contributed by atoms with van der Waals surface area (Å²) < 4.78 is 9.54. The lowest BCUT2D eigenvalue weighted by atomic mass is 9.93. The molecular formula is C15H16O5. The summed E-state index contributed by atoms with van der Waals surface area (Å²) in [5.74, 6) is -1.46. The molecule has 0 unspecified atom stereocenters. The Morgan fingerprint density at radius 3 is 2.25 bits per heavy atom. The average molecular weight is 276 g/mol. The highest BCUT2D eigenvalue weighted by atomic mass is 16.5. The fraction of sp³-hybridized carbons (Fsp3) is 0.267. The molecule has 5 nitrogen and oxygen atoms in total. The molecule has 1 aromatic rings. The summed E-state index contributed by atoms with van der Waals surface area (Å²) in [7, 11) is 1.30. The Kier molecular flexibility index (Phi) is 5.65. The van der Waals surface area contributed by atoms with Gasteiger partial charge in [-0.3, -0.25) is 9.59 Å². The average Bonchev–Trinajstić information content (AvgIpc) is 2.46. The van der Waals surface area contributed by atoms with Crippen molar-refractivity contribution in [1.29, 1.82) is 0 Å². The Balaban J connectivity index is 2.99. The van der Waals surface area contributed by atoms with E-state index in [0.29, 0.717) is 17.4 Å². The number of benzene rings is 1. The molecule has 0 radical (unpaired) electrons. The summed E-state index contributed by atoms with van der Waals surface area (Å²) in [6.07, 6.45) is 1.14. The number of hydrogen-bond acceptors (Lipinski definition) is 5. The minimum Gasteiger partial charge on any atom is -0.465 e. The number of hydrogen-bond donors (Lipinski definition) is 0. The molecule has 5 heteroatoms. The molecule has 0 aromatic heterocycles. The Labute approximate surface area is 117 Å². The molecule has 106 valence electrons. The predicted molar refractivity (Wildman–Crippen MR) is 72.3 cm³/mol. The second-order valence-electron chi connectivity index (χ2n) is 4.09. The van der Waals surface area contributed by atoms with Crippen LogP contribution in [0.5, 0.6) is 0 Å². The lowest BCUT2D eigenvalue weighted by Gasteiger charge is -2.19. The zero-order valence-electron chi connectivity index (χ0n) is 11.4. The van der Waals surface area contributed by atoms with Gasteiger partial charge in [-0.1, -0.05) is 18.2 Å². The quantitative estimate of drug-likeness (QED) is 0.450. The van der Waals surface area contributed by atoms with Crippen LogP contribution in [0.4, 0.5) is 0 Å². The van der Waals surface area contributed by atoms with Gasteiger partial charge in [0.2, 0.25) is 0 Å². The summed E-state index contributed by atoms with van der Waals surface area (Å²) in [5, 5.41) is 0. The number of esters is 2. The number of ether oxygens (including phenoxy) is 2. The predicted octanol–water partition coefficient (Wildman–Crippen LogP) is 1.87. The molecule has 0 saturated carbocycles. The van der Waals surface area contributed by atoms with E-state index in [0.717, 1.165) is 0 Å². The van der Waals surface area contributed by atoms with E-state index >= 15 is 0 Å². The van der Waals surface area contributed by atoms with E-state index in [-0.39, 0.29) is 0 Å². The molecule has 0 aliphatic heterocycles. The zero-order valence-corrected chi connectivity index (χ0v) is 11.4. The van der Waals surface area contributed by atoms with Gasteiger partial charge in [-0.25, -0.2) is 4.79 Å². The van der Waals surface area contributed by atoms with Gasteiger partial charge >= 0.3 is 11.9 Å². The van der Waals surface area contributed by atoms with Gasteiger partial charge in [0, 0.05) is 12.8 Å². The third-order valence-corrected chi connectivity index (χ3v) is 2.76. The van der Waals surface area contributed by atoms with Crippen molar-refractivity contribution in [2.75, 3.05) is 7.11 Å². The van der Waals surface area contributed by atoms with Gasteiger partial charge in [0.05, 0.1) is 12.7 Å². The van der Waals surface area contributed by atoms with Crippen molar-refractivity contribution in [2.24, 2.45) is 0 Å². The molecule has 0 N–H and O–H groups in total. The van der Waals surface area contributed by atoms with Crippen LogP contribution < -0.4 is 0 Å². The second-order valence-corrected chi connectivity index (χ2v) is 4.09. The van der Waals surface area contributed by atoms with Crippen LogP contribution in [0.3, 0.4) is 0 Å². The molecule has 0 bridgehead atoms. The highest BCUT2D eigenvalue weighted by Crippen LogP contribution is 2.23. The monoisotopic (exact) mass is 276 g/mol. The Bertz CT molecular complexity index is 504. The van der Waals surface area contributed by atoms with Crippen molar-refractivity contribution in [3.63, 3.8) is 0 Å². The first kappa shape index (κ1) is 15.6. The lowest BCUT2D eigenvalue weighted by Crippen LogP contribution is -2.24. The third-order valence-electron chi connectivity index (χ3n) is 2.76. The van der Waals surface area contributed by atoms with Crippen LogP contribution in [-0.4, -0.2) is 31.4 Å². The number of carbonyl (C=O) groups excluding carboxylic acids is 3. The summed E-state index contributed by atoms with van der Waals surface area (Å²) in [6, 6.07) is 6.48. The van der Waals surface area contributed by atoms with Gasteiger partial charge in [0.15, 0.2) is 12.4 Å². The highest BCUT2D eigenvalue weighted by Gasteiger charge is 2.23. The van der Waals surface area contributed by atoms with Crippen LogP contribution in [0.2, 0.25) is 0 Å². The van der Waals surface area contributed by atoms with Crippen molar-refractivity contribution in [3.05, 3.63) is 48.0 Å². The molecule has 20 heavy (non-hydrogen) atoms. The van der Waals surface area contributed by atoms with Gasteiger partial charge < -0.3 is 9.47 Å². The molecule has 0 saturated heterocycles. The molecule has 0 spiro atoms. The molecular weight excluding hydrogens is 260 g/mol. The molecule has 1 aromatic carbocycles. The molecule has 0 aliphatic rings. The smallest absolute Gasteiger partial charge is 0.337 e. The first-order valence-corrected chi connectivity index (χ1v) is 5.96. The maximum Gasteiger partial charge on any atom is 0.337 e. The Morgan fingerprint density at radius 1 is 1.25 bits per heavy atom. The normalized spacial score (nSPS) is 12.9. The first-order valence-electron chi connectivity index (χ1n) is 5.96. The minimum atomic E-state index is -0.936. The van der Waals surface area contributed by atoms with Gasteiger partial charge in [0.1, 0.15) is 0 Å². The van der Waals surface area contributed by atoms with E-state index in [9.17, 15) is 14.4 Å². The first-order chi connectivity index (χ1) is 9.53. The molecule has 0 aliphatic carbocycles. The number of rotatable bonds is 6. The van der Waals surface area contributed by atoms with Crippen LogP contribution in [-0.2, 0) is 19.1 Å².